The fourth-order valence-corrected chi connectivity index (χ4v) is 6.86. The summed E-state index contributed by atoms with van der Waals surface area (Å²) in [5, 5.41) is 2.97. The van der Waals surface area contributed by atoms with Crippen molar-refractivity contribution in [1.29, 1.82) is 0 Å². The van der Waals surface area contributed by atoms with Crippen LogP contribution in [0.4, 0.5) is 0 Å². The van der Waals surface area contributed by atoms with Crippen LogP contribution in [-0.4, -0.2) is 45.9 Å². The van der Waals surface area contributed by atoms with Crippen LogP contribution in [-0.2, 0) is 21.4 Å². The first-order valence-corrected chi connectivity index (χ1v) is 12.6. The van der Waals surface area contributed by atoms with E-state index in [1.165, 1.54) is 10.4 Å². The Labute approximate surface area is 192 Å². The summed E-state index contributed by atoms with van der Waals surface area (Å²) in [5.41, 5.74) is 0.831. The van der Waals surface area contributed by atoms with Gasteiger partial charge < -0.3 is 14.8 Å². The predicted molar refractivity (Wildman–Crippen MR) is 121 cm³/mol. The summed E-state index contributed by atoms with van der Waals surface area (Å²) in [4.78, 5) is 12.7. The first-order valence-electron chi connectivity index (χ1n) is 10.0. The summed E-state index contributed by atoms with van der Waals surface area (Å²) < 4.78 is 38.3. The van der Waals surface area contributed by atoms with Gasteiger partial charge in [-0.25, -0.2) is 8.42 Å². The third-order valence-electron chi connectivity index (χ3n) is 5.70. The lowest BCUT2D eigenvalue weighted by Gasteiger charge is -2.33. The van der Waals surface area contributed by atoms with Gasteiger partial charge in [-0.15, -0.1) is 11.3 Å². The molecule has 0 saturated carbocycles. The largest absolute Gasteiger partial charge is 0.497 e. The number of piperidine rings is 1. The zero-order valence-electron chi connectivity index (χ0n) is 17.8. The molecule has 1 N–H and O–H groups in total. The fraction of sp³-hybridized carbons (Fsp3) is 0.476. The van der Waals surface area contributed by atoms with E-state index < -0.39 is 10.0 Å². The fourth-order valence-electron chi connectivity index (χ4n) is 3.76. The SMILES string of the molecule is COc1ccc(OC)c(CNC(=O)[C@H](C)C2CCN(S(=O)(=O)c3ccc(Cl)s3)CC2)c1. The van der Waals surface area contributed by atoms with Crippen LogP contribution in [0.2, 0.25) is 4.34 Å². The normalized spacial score (nSPS) is 16.6. The van der Waals surface area contributed by atoms with Crippen molar-refractivity contribution >= 4 is 38.9 Å². The standard InChI is InChI=1S/C21H27ClN2O5S2/c1-14(21(25)23-13-16-12-17(28-2)4-5-18(16)29-3)15-8-10-24(11-9-15)31(26,27)20-7-6-19(22)30-20/h4-7,12,14-15H,8-11,13H2,1-3H3,(H,23,25)/t14-/m1/s1. The van der Waals surface area contributed by atoms with Gasteiger partial charge in [0.15, 0.2) is 0 Å². The number of methoxy groups -OCH3 is 2. The molecule has 1 atom stereocenters. The van der Waals surface area contributed by atoms with Gasteiger partial charge in [0, 0.05) is 31.1 Å². The molecule has 170 valence electrons. The maximum Gasteiger partial charge on any atom is 0.252 e. The van der Waals surface area contributed by atoms with Gasteiger partial charge in [0.2, 0.25) is 5.91 Å². The summed E-state index contributed by atoms with van der Waals surface area (Å²) in [6, 6.07) is 8.58. The van der Waals surface area contributed by atoms with Crippen molar-refractivity contribution in [2.24, 2.45) is 11.8 Å². The number of hydrogen-bond donors (Lipinski definition) is 1. The molecule has 1 aromatic heterocycles. The highest BCUT2D eigenvalue weighted by molar-refractivity contribution is 7.91. The van der Waals surface area contributed by atoms with Gasteiger partial charge in [0.25, 0.3) is 10.0 Å². The van der Waals surface area contributed by atoms with Gasteiger partial charge in [0.05, 0.1) is 18.6 Å². The van der Waals surface area contributed by atoms with Gasteiger partial charge in [-0.05, 0) is 49.1 Å². The number of ether oxygens (including phenoxy) is 2. The Morgan fingerprint density at radius 3 is 2.52 bits per heavy atom. The van der Waals surface area contributed by atoms with Gasteiger partial charge in [0.1, 0.15) is 15.7 Å². The van der Waals surface area contributed by atoms with Crippen LogP contribution in [0.15, 0.2) is 34.5 Å². The molecule has 7 nitrogen and oxygen atoms in total. The van der Waals surface area contributed by atoms with Crippen LogP contribution in [0.25, 0.3) is 0 Å². The van der Waals surface area contributed by atoms with Gasteiger partial charge >= 0.3 is 0 Å². The average Bonchev–Trinajstić information content (AvgIpc) is 3.24. The van der Waals surface area contributed by atoms with Crippen molar-refractivity contribution in [3.8, 4) is 11.5 Å². The number of rotatable bonds is 8. The maximum absolute atomic E-state index is 12.8. The van der Waals surface area contributed by atoms with Gasteiger partial charge in [-0.3, -0.25) is 4.79 Å². The van der Waals surface area contributed by atoms with E-state index in [0.717, 1.165) is 16.9 Å². The molecule has 0 aliphatic carbocycles. The number of thiophene rings is 1. The second-order valence-corrected chi connectivity index (χ2v) is 11.4. The Bertz CT molecular complexity index is 1020. The third kappa shape index (κ3) is 5.52. The number of carbonyl (C=O) groups excluding carboxylic acids is 1. The number of halogens is 1. The summed E-state index contributed by atoms with van der Waals surface area (Å²) in [5.74, 6) is 1.21. The summed E-state index contributed by atoms with van der Waals surface area (Å²) in [7, 11) is -0.356. The highest BCUT2D eigenvalue weighted by atomic mass is 35.5. The molecule has 0 unspecified atom stereocenters. The second-order valence-electron chi connectivity index (χ2n) is 7.48. The first kappa shape index (κ1) is 23.8. The predicted octanol–water partition coefficient (Wildman–Crippen LogP) is 3.77. The molecule has 1 amide bonds. The molecule has 0 spiro atoms. The molecule has 2 heterocycles. The number of sulfonamides is 1. The molecule has 2 aromatic rings. The minimum absolute atomic E-state index is 0.0591. The lowest BCUT2D eigenvalue weighted by Crippen LogP contribution is -2.42. The number of nitrogens with zero attached hydrogens (tertiary/aromatic N) is 1. The zero-order chi connectivity index (χ0) is 22.6. The van der Waals surface area contributed by atoms with Crippen molar-refractivity contribution in [2.45, 2.75) is 30.5 Å². The summed E-state index contributed by atoms with van der Waals surface area (Å²) in [6.07, 6.45) is 1.27. The zero-order valence-corrected chi connectivity index (χ0v) is 20.1. The lowest BCUT2D eigenvalue weighted by atomic mass is 9.85. The van der Waals surface area contributed by atoms with E-state index in [2.05, 4.69) is 5.32 Å². The van der Waals surface area contributed by atoms with E-state index >= 15 is 0 Å². The van der Waals surface area contributed by atoms with Gasteiger partial charge in [-0.1, -0.05) is 18.5 Å². The molecule has 1 aliphatic rings. The number of nitrogens with one attached hydrogen (secondary N) is 1. The lowest BCUT2D eigenvalue weighted by molar-refractivity contribution is -0.126. The molecule has 3 rings (SSSR count). The van der Waals surface area contributed by atoms with E-state index in [1.807, 2.05) is 13.0 Å². The molecular formula is C21H27ClN2O5S2. The Hall–Kier alpha value is -1.81. The summed E-state index contributed by atoms with van der Waals surface area (Å²) >= 11 is 6.95. The van der Waals surface area contributed by atoms with E-state index in [0.29, 0.717) is 48.3 Å². The number of amides is 1. The smallest absolute Gasteiger partial charge is 0.252 e. The van der Waals surface area contributed by atoms with E-state index in [-0.39, 0.29) is 22.0 Å². The molecular weight excluding hydrogens is 460 g/mol. The molecule has 0 radical (unpaired) electrons. The van der Waals surface area contributed by atoms with Crippen molar-refractivity contribution in [3.63, 3.8) is 0 Å². The van der Waals surface area contributed by atoms with Crippen LogP contribution in [0, 0.1) is 11.8 Å². The van der Waals surface area contributed by atoms with Crippen LogP contribution < -0.4 is 14.8 Å². The highest BCUT2D eigenvalue weighted by Crippen LogP contribution is 2.32. The van der Waals surface area contributed by atoms with E-state index in [4.69, 9.17) is 21.1 Å². The highest BCUT2D eigenvalue weighted by Gasteiger charge is 2.34. The molecule has 10 heteroatoms. The second kappa shape index (κ2) is 10.2. The molecule has 0 bridgehead atoms. The van der Waals surface area contributed by atoms with Crippen molar-refractivity contribution in [1.82, 2.24) is 9.62 Å². The average molecular weight is 487 g/mol. The molecule has 31 heavy (non-hydrogen) atoms. The van der Waals surface area contributed by atoms with Crippen molar-refractivity contribution < 1.29 is 22.7 Å². The Balaban J connectivity index is 1.56. The van der Waals surface area contributed by atoms with Crippen molar-refractivity contribution in [3.05, 3.63) is 40.2 Å². The monoisotopic (exact) mass is 486 g/mol. The van der Waals surface area contributed by atoms with Crippen LogP contribution in [0.1, 0.15) is 25.3 Å². The van der Waals surface area contributed by atoms with E-state index in [1.54, 1.807) is 32.4 Å². The molecule has 1 aliphatic heterocycles. The van der Waals surface area contributed by atoms with Crippen LogP contribution in [0.3, 0.4) is 0 Å². The third-order valence-corrected chi connectivity index (χ3v) is 9.30. The maximum atomic E-state index is 12.8. The molecule has 1 saturated heterocycles. The Morgan fingerprint density at radius 2 is 1.94 bits per heavy atom. The number of benzene rings is 1. The quantitative estimate of drug-likeness (QED) is 0.614. The minimum Gasteiger partial charge on any atom is -0.497 e. The topological polar surface area (TPSA) is 84.9 Å². The molecule has 1 fully saturated rings. The van der Waals surface area contributed by atoms with E-state index in [9.17, 15) is 13.2 Å². The van der Waals surface area contributed by atoms with Crippen LogP contribution >= 0.6 is 22.9 Å². The first-order chi connectivity index (χ1) is 14.8. The molecule has 1 aromatic carbocycles. The summed E-state index contributed by atoms with van der Waals surface area (Å²) in [6.45, 7) is 3.01. The number of carbonyl (C=O) groups is 1. The number of hydrogen-bond acceptors (Lipinski definition) is 6. The van der Waals surface area contributed by atoms with Crippen molar-refractivity contribution in [2.75, 3.05) is 27.3 Å². The van der Waals surface area contributed by atoms with Gasteiger partial charge in [-0.2, -0.15) is 4.31 Å². The van der Waals surface area contributed by atoms with Crippen LogP contribution in [0.5, 0.6) is 11.5 Å². The minimum atomic E-state index is -3.53. The Kier molecular flexibility index (Phi) is 7.85. The Morgan fingerprint density at radius 1 is 1.23 bits per heavy atom.